The molecule has 2 rings (SSSR count). The Balaban J connectivity index is 2.17. The molecule has 2 N–H and O–H groups in total. The van der Waals surface area contributed by atoms with Crippen molar-refractivity contribution in [1.82, 2.24) is 24.8 Å². The molecule has 0 aromatic carbocycles. The molecule has 0 aliphatic carbocycles. The second-order valence-corrected chi connectivity index (χ2v) is 4.92. The minimum Gasteiger partial charge on any atom is -0.336 e. The van der Waals surface area contributed by atoms with E-state index in [2.05, 4.69) is 15.3 Å². The van der Waals surface area contributed by atoms with Gasteiger partial charge in [0.1, 0.15) is 0 Å². The van der Waals surface area contributed by atoms with Crippen molar-refractivity contribution in [3.8, 4) is 0 Å². The normalized spacial score (nSPS) is 10.7. The van der Waals surface area contributed by atoms with E-state index in [-0.39, 0.29) is 6.03 Å². The summed E-state index contributed by atoms with van der Waals surface area (Å²) in [5, 5.41) is 2.81. The average Bonchev–Trinajstić information content (AvgIpc) is 2.68. The summed E-state index contributed by atoms with van der Waals surface area (Å²) in [6.45, 7) is 3.11. The van der Waals surface area contributed by atoms with Gasteiger partial charge in [0.25, 0.3) is 0 Å². The highest BCUT2D eigenvalue weighted by molar-refractivity contribution is 7.71. The second kappa shape index (κ2) is 5.40. The van der Waals surface area contributed by atoms with Gasteiger partial charge in [0, 0.05) is 33.4 Å². The molecule has 0 atom stereocenters. The first-order valence-corrected chi connectivity index (χ1v) is 6.41. The van der Waals surface area contributed by atoms with Gasteiger partial charge >= 0.3 is 6.03 Å². The van der Waals surface area contributed by atoms with Crippen LogP contribution in [0.3, 0.4) is 0 Å². The fourth-order valence-corrected chi connectivity index (χ4v) is 2.09. The Bertz CT molecular complexity index is 658. The molecule has 0 radical (unpaired) electrons. The van der Waals surface area contributed by atoms with Crippen molar-refractivity contribution in [3.63, 3.8) is 0 Å². The number of carbonyl (C=O) groups excluding carboxylic acids is 1. The summed E-state index contributed by atoms with van der Waals surface area (Å²) in [6, 6.07) is 1.82. The van der Waals surface area contributed by atoms with Gasteiger partial charge in [-0.2, -0.15) is 0 Å². The van der Waals surface area contributed by atoms with E-state index in [0.717, 1.165) is 16.7 Å². The van der Waals surface area contributed by atoms with E-state index in [4.69, 9.17) is 12.2 Å². The summed E-state index contributed by atoms with van der Waals surface area (Å²) >= 11 is 5.29. The number of H-pyrrole nitrogens is 1. The molecule has 0 spiro atoms. The van der Waals surface area contributed by atoms with Gasteiger partial charge in [-0.1, -0.05) is 0 Å². The number of hydrogen-bond acceptors (Lipinski definition) is 3. The SMILES string of the molecule is Cc1ccnc2c1[nH]c(=S)n2CCNC(=O)N(C)C. The number of fused-ring (bicyclic) bond motifs is 1. The second-order valence-electron chi connectivity index (χ2n) is 4.53. The van der Waals surface area contributed by atoms with Crippen LogP contribution in [0.4, 0.5) is 4.79 Å². The first-order valence-electron chi connectivity index (χ1n) is 6.00. The fraction of sp³-hybridized carbons (Fsp3) is 0.417. The third kappa shape index (κ3) is 2.76. The number of pyridine rings is 1. The van der Waals surface area contributed by atoms with Gasteiger partial charge in [0.15, 0.2) is 10.4 Å². The quantitative estimate of drug-likeness (QED) is 0.840. The van der Waals surface area contributed by atoms with E-state index in [0.29, 0.717) is 17.9 Å². The van der Waals surface area contributed by atoms with E-state index in [9.17, 15) is 4.79 Å². The summed E-state index contributed by atoms with van der Waals surface area (Å²) in [6.07, 6.45) is 1.76. The predicted molar refractivity (Wildman–Crippen MR) is 76.7 cm³/mol. The zero-order valence-corrected chi connectivity index (χ0v) is 12.0. The number of rotatable bonds is 3. The van der Waals surface area contributed by atoms with Gasteiger partial charge in [0.2, 0.25) is 0 Å². The van der Waals surface area contributed by atoms with Crippen LogP contribution in [0.2, 0.25) is 0 Å². The van der Waals surface area contributed by atoms with Crippen molar-refractivity contribution in [1.29, 1.82) is 0 Å². The van der Waals surface area contributed by atoms with Crippen LogP contribution < -0.4 is 5.32 Å². The molecule has 0 bridgehead atoms. The molecular formula is C12H17N5OS. The van der Waals surface area contributed by atoms with Crippen molar-refractivity contribution in [2.75, 3.05) is 20.6 Å². The first-order chi connectivity index (χ1) is 9.00. The Morgan fingerprint density at radius 1 is 1.58 bits per heavy atom. The lowest BCUT2D eigenvalue weighted by molar-refractivity contribution is 0.217. The monoisotopic (exact) mass is 279 g/mol. The van der Waals surface area contributed by atoms with Crippen molar-refractivity contribution in [2.24, 2.45) is 0 Å². The van der Waals surface area contributed by atoms with E-state index >= 15 is 0 Å². The molecule has 7 heteroatoms. The number of amides is 2. The molecule has 19 heavy (non-hydrogen) atoms. The molecule has 6 nitrogen and oxygen atoms in total. The zero-order chi connectivity index (χ0) is 14.0. The van der Waals surface area contributed by atoms with Gasteiger partial charge < -0.3 is 15.2 Å². The molecule has 2 heterocycles. The van der Waals surface area contributed by atoms with E-state index < -0.39 is 0 Å². The molecule has 102 valence electrons. The van der Waals surface area contributed by atoms with Crippen LogP contribution in [-0.4, -0.2) is 46.1 Å². The molecule has 2 amide bonds. The topological polar surface area (TPSA) is 66.0 Å². The minimum atomic E-state index is -0.115. The highest BCUT2D eigenvalue weighted by Gasteiger charge is 2.08. The molecule has 0 unspecified atom stereocenters. The lowest BCUT2D eigenvalue weighted by Crippen LogP contribution is -2.36. The third-order valence-electron chi connectivity index (χ3n) is 2.89. The maximum atomic E-state index is 11.4. The molecule has 2 aromatic heterocycles. The molecule has 0 aliphatic rings. The fourth-order valence-electron chi connectivity index (χ4n) is 1.81. The Kier molecular flexibility index (Phi) is 3.84. The molecule has 0 aliphatic heterocycles. The number of aryl methyl sites for hydroxylation is 1. The van der Waals surface area contributed by atoms with Gasteiger partial charge in [-0.25, -0.2) is 9.78 Å². The smallest absolute Gasteiger partial charge is 0.316 e. The summed E-state index contributed by atoms with van der Waals surface area (Å²) in [5.41, 5.74) is 2.88. The number of nitrogens with one attached hydrogen (secondary N) is 2. The van der Waals surface area contributed by atoms with Crippen molar-refractivity contribution in [2.45, 2.75) is 13.5 Å². The summed E-state index contributed by atoms with van der Waals surface area (Å²) in [7, 11) is 3.41. The van der Waals surface area contributed by atoms with E-state index in [1.54, 1.807) is 20.3 Å². The third-order valence-corrected chi connectivity index (χ3v) is 3.21. The van der Waals surface area contributed by atoms with Crippen molar-refractivity contribution >= 4 is 29.4 Å². The van der Waals surface area contributed by atoms with Crippen molar-refractivity contribution < 1.29 is 4.79 Å². The van der Waals surface area contributed by atoms with Crippen LogP contribution >= 0.6 is 12.2 Å². The summed E-state index contributed by atoms with van der Waals surface area (Å²) in [4.78, 5) is 20.4. The number of imidazole rings is 1. The predicted octanol–water partition coefficient (Wildman–Crippen LogP) is 1.67. The molecule has 0 saturated heterocycles. The van der Waals surface area contributed by atoms with Gasteiger partial charge in [-0.05, 0) is 30.8 Å². The van der Waals surface area contributed by atoms with Gasteiger partial charge in [-0.15, -0.1) is 0 Å². The number of nitrogens with zero attached hydrogens (tertiary/aromatic N) is 3. The standard InChI is InChI=1S/C12H17N5OS/c1-8-4-5-13-10-9(8)15-12(19)17(10)7-6-14-11(18)16(2)3/h4-5H,6-7H2,1-3H3,(H,14,18)(H,15,19). The van der Waals surface area contributed by atoms with E-state index in [1.807, 2.05) is 17.6 Å². The average molecular weight is 279 g/mol. The number of aromatic amines is 1. The largest absolute Gasteiger partial charge is 0.336 e. The Labute approximate surface area is 116 Å². The first kappa shape index (κ1) is 13.5. The zero-order valence-electron chi connectivity index (χ0n) is 11.2. The molecule has 2 aromatic rings. The van der Waals surface area contributed by atoms with Crippen molar-refractivity contribution in [3.05, 3.63) is 22.6 Å². The Hall–Kier alpha value is -1.89. The highest BCUT2D eigenvalue weighted by atomic mass is 32.1. The lowest BCUT2D eigenvalue weighted by atomic mass is 10.3. The number of aromatic nitrogens is 3. The highest BCUT2D eigenvalue weighted by Crippen LogP contribution is 2.14. The van der Waals surface area contributed by atoms with Crippen LogP contribution in [0.15, 0.2) is 12.3 Å². The molecular weight excluding hydrogens is 262 g/mol. The minimum absolute atomic E-state index is 0.115. The van der Waals surface area contributed by atoms with Crippen LogP contribution in [0.1, 0.15) is 5.56 Å². The maximum Gasteiger partial charge on any atom is 0.316 e. The Morgan fingerprint density at radius 2 is 2.32 bits per heavy atom. The lowest BCUT2D eigenvalue weighted by Gasteiger charge is -2.12. The number of carbonyl (C=O) groups is 1. The van der Waals surface area contributed by atoms with Crippen LogP contribution in [0.5, 0.6) is 0 Å². The van der Waals surface area contributed by atoms with Gasteiger partial charge in [-0.3, -0.25) is 4.57 Å². The Morgan fingerprint density at radius 3 is 3.00 bits per heavy atom. The van der Waals surface area contributed by atoms with Gasteiger partial charge in [0.05, 0.1) is 5.52 Å². The number of urea groups is 1. The summed E-state index contributed by atoms with van der Waals surface area (Å²) in [5.74, 6) is 0. The van der Waals surface area contributed by atoms with Crippen LogP contribution in [0, 0.1) is 11.7 Å². The number of hydrogen-bond donors (Lipinski definition) is 2. The maximum absolute atomic E-state index is 11.4. The molecule has 0 saturated carbocycles. The van der Waals surface area contributed by atoms with Crippen LogP contribution in [-0.2, 0) is 6.54 Å². The van der Waals surface area contributed by atoms with E-state index in [1.165, 1.54) is 4.90 Å². The van der Waals surface area contributed by atoms with Crippen LogP contribution in [0.25, 0.3) is 11.2 Å². The molecule has 0 fully saturated rings. The summed E-state index contributed by atoms with van der Waals surface area (Å²) < 4.78 is 2.52.